The van der Waals surface area contributed by atoms with Crippen molar-refractivity contribution in [3.8, 4) is 5.75 Å². The van der Waals surface area contributed by atoms with Crippen molar-refractivity contribution < 1.29 is 14.6 Å². The normalized spacial score (nSPS) is 18.2. The van der Waals surface area contributed by atoms with Crippen molar-refractivity contribution >= 4 is 6.03 Å². The first-order valence-electron chi connectivity index (χ1n) is 7.96. The lowest BCUT2D eigenvalue weighted by atomic mass is 9.82. The number of ether oxygens (including phenoxy) is 1. The summed E-state index contributed by atoms with van der Waals surface area (Å²) in [4.78, 5) is 11.8. The van der Waals surface area contributed by atoms with Crippen molar-refractivity contribution in [3.63, 3.8) is 0 Å². The molecule has 0 fully saturated rings. The molecule has 5 nitrogen and oxygen atoms in total. The SMILES string of the molecule is COc1ccc2c(c1)CCC[C@@H]2CNC(=O)NCC[C@@H](C)O. The summed E-state index contributed by atoms with van der Waals surface area (Å²) in [6, 6.07) is 6.04. The second-order valence-electron chi connectivity index (χ2n) is 5.93. The molecule has 0 unspecified atom stereocenters. The van der Waals surface area contributed by atoms with Gasteiger partial charge in [-0.1, -0.05) is 6.07 Å². The van der Waals surface area contributed by atoms with Crippen LogP contribution in [0.25, 0.3) is 0 Å². The van der Waals surface area contributed by atoms with Gasteiger partial charge in [0.1, 0.15) is 5.75 Å². The second kappa shape index (κ2) is 8.03. The molecule has 0 radical (unpaired) electrons. The van der Waals surface area contributed by atoms with E-state index in [-0.39, 0.29) is 12.1 Å². The first-order chi connectivity index (χ1) is 10.6. The summed E-state index contributed by atoms with van der Waals surface area (Å²) in [6.07, 6.45) is 3.48. The number of amides is 2. The molecule has 0 heterocycles. The monoisotopic (exact) mass is 306 g/mol. The van der Waals surface area contributed by atoms with Crippen molar-refractivity contribution in [1.29, 1.82) is 0 Å². The minimum absolute atomic E-state index is 0.165. The molecule has 0 spiro atoms. The second-order valence-corrected chi connectivity index (χ2v) is 5.93. The minimum atomic E-state index is -0.388. The summed E-state index contributed by atoms with van der Waals surface area (Å²) in [5.41, 5.74) is 2.64. The number of hydrogen-bond donors (Lipinski definition) is 3. The third kappa shape index (κ3) is 4.63. The topological polar surface area (TPSA) is 70.6 Å². The maximum absolute atomic E-state index is 11.8. The summed E-state index contributed by atoms with van der Waals surface area (Å²) < 4.78 is 5.28. The molecule has 2 atom stereocenters. The molecule has 0 aliphatic heterocycles. The van der Waals surface area contributed by atoms with Crippen LogP contribution in [0.1, 0.15) is 43.2 Å². The van der Waals surface area contributed by atoms with Crippen LogP contribution in [0, 0.1) is 0 Å². The molecule has 0 bridgehead atoms. The Labute approximate surface area is 132 Å². The van der Waals surface area contributed by atoms with Gasteiger partial charge in [-0.2, -0.15) is 0 Å². The molecule has 22 heavy (non-hydrogen) atoms. The van der Waals surface area contributed by atoms with Crippen molar-refractivity contribution in [2.45, 2.75) is 44.6 Å². The highest BCUT2D eigenvalue weighted by molar-refractivity contribution is 5.73. The quantitative estimate of drug-likeness (QED) is 0.754. The van der Waals surface area contributed by atoms with Crippen LogP contribution in [0.4, 0.5) is 4.79 Å². The van der Waals surface area contributed by atoms with E-state index in [4.69, 9.17) is 9.84 Å². The molecular formula is C17H26N2O3. The first-order valence-corrected chi connectivity index (χ1v) is 7.96. The van der Waals surface area contributed by atoms with Crippen LogP contribution in [0.15, 0.2) is 18.2 Å². The Morgan fingerprint density at radius 3 is 3.00 bits per heavy atom. The number of benzene rings is 1. The van der Waals surface area contributed by atoms with Crippen LogP contribution in [0.5, 0.6) is 5.75 Å². The van der Waals surface area contributed by atoms with Gasteiger partial charge in [0.2, 0.25) is 0 Å². The highest BCUT2D eigenvalue weighted by Gasteiger charge is 2.21. The predicted molar refractivity (Wildman–Crippen MR) is 86.4 cm³/mol. The number of carbonyl (C=O) groups is 1. The predicted octanol–water partition coefficient (Wildman–Crippen LogP) is 2.19. The van der Waals surface area contributed by atoms with Gasteiger partial charge in [-0.3, -0.25) is 0 Å². The summed E-state index contributed by atoms with van der Waals surface area (Å²) in [5, 5.41) is 14.9. The Morgan fingerprint density at radius 1 is 1.45 bits per heavy atom. The van der Waals surface area contributed by atoms with Gasteiger partial charge in [0.25, 0.3) is 0 Å². The summed E-state index contributed by atoms with van der Waals surface area (Å²) in [6.45, 7) is 2.84. The Balaban J connectivity index is 1.86. The maximum atomic E-state index is 11.8. The number of carbonyl (C=O) groups excluding carboxylic acids is 1. The average Bonchev–Trinajstić information content (AvgIpc) is 2.51. The van der Waals surface area contributed by atoms with Crippen molar-refractivity contribution in [2.75, 3.05) is 20.2 Å². The van der Waals surface area contributed by atoms with Gasteiger partial charge < -0.3 is 20.5 Å². The van der Waals surface area contributed by atoms with Crippen LogP contribution in [-0.4, -0.2) is 37.4 Å². The number of rotatable bonds is 6. The largest absolute Gasteiger partial charge is 0.497 e. The number of fused-ring (bicyclic) bond motifs is 1. The molecule has 2 rings (SSSR count). The third-order valence-corrected chi connectivity index (χ3v) is 4.15. The average molecular weight is 306 g/mol. The molecule has 3 N–H and O–H groups in total. The Bertz CT molecular complexity index is 503. The first kappa shape index (κ1) is 16.6. The van der Waals surface area contributed by atoms with Gasteiger partial charge in [-0.25, -0.2) is 4.79 Å². The standard InChI is InChI=1S/C17H26N2O3/c1-12(20)8-9-18-17(21)19-11-14-5-3-4-13-10-15(22-2)6-7-16(13)14/h6-7,10,12,14,20H,3-5,8-9,11H2,1-2H3,(H2,18,19,21)/t12-,14-/m1/s1. The Kier molecular flexibility index (Phi) is 6.07. The van der Waals surface area contributed by atoms with Gasteiger partial charge in [0.15, 0.2) is 0 Å². The zero-order valence-corrected chi connectivity index (χ0v) is 13.4. The lowest BCUT2D eigenvalue weighted by Crippen LogP contribution is -2.39. The zero-order chi connectivity index (χ0) is 15.9. The molecule has 1 aliphatic rings. The van der Waals surface area contributed by atoms with Crippen LogP contribution in [-0.2, 0) is 6.42 Å². The highest BCUT2D eigenvalue weighted by atomic mass is 16.5. The number of aryl methyl sites for hydroxylation is 1. The van der Waals surface area contributed by atoms with Crippen LogP contribution >= 0.6 is 0 Å². The van der Waals surface area contributed by atoms with Gasteiger partial charge in [-0.15, -0.1) is 0 Å². The van der Waals surface area contributed by atoms with Crippen LogP contribution in [0.3, 0.4) is 0 Å². The number of hydrogen-bond acceptors (Lipinski definition) is 3. The lowest BCUT2D eigenvalue weighted by Gasteiger charge is -2.26. The molecule has 2 amide bonds. The van der Waals surface area contributed by atoms with E-state index >= 15 is 0 Å². The Hall–Kier alpha value is -1.75. The van der Waals surface area contributed by atoms with Gasteiger partial charge in [-0.05, 0) is 55.9 Å². The molecule has 0 aromatic heterocycles. The van der Waals surface area contributed by atoms with Crippen molar-refractivity contribution in [3.05, 3.63) is 29.3 Å². The van der Waals surface area contributed by atoms with E-state index in [2.05, 4.69) is 22.8 Å². The summed E-state index contributed by atoms with van der Waals surface area (Å²) in [5.74, 6) is 1.25. The van der Waals surface area contributed by atoms with E-state index in [1.165, 1.54) is 11.1 Å². The van der Waals surface area contributed by atoms with E-state index in [1.54, 1.807) is 14.0 Å². The van der Waals surface area contributed by atoms with Gasteiger partial charge in [0, 0.05) is 19.0 Å². The van der Waals surface area contributed by atoms with Crippen molar-refractivity contribution in [1.82, 2.24) is 10.6 Å². The summed E-state index contributed by atoms with van der Waals surface area (Å²) in [7, 11) is 1.68. The maximum Gasteiger partial charge on any atom is 0.314 e. The fourth-order valence-corrected chi connectivity index (χ4v) is 2.90. The zero-order valence-electron chi connectivity index (χ0n) is 13.4. The molecule has 122 valence electrons. The smallest absolute Gasteiger partial charge is 0.314 e. The molecule has 1 aromatic rings. The molecule has 1 aromatic carbocycles. The lowest BCUT2D eigenvalue weighted by molar-refractivity contribution is 0.183. The molecule has 0 saturated heterocycles. The molecular weight excluding hydrogens is 280 g/mol. The number of methoxy groups -OCH3 is 1. The number of nitrogens with one attached hydrogen (secondary N) is 2. The Morgan fingerprint density at radius 2 is 2.27 bits per heavy atom. The fourth-order valence-electron chi connectivity index (χ4n) is 2.90. The van der Waals surface area contributed by atoms with E-state index in [0.717, 1.165) is 25.0 Å². The van der Waals surface area contributed by atoms with E-state index in [9.17, 15) is 4.79 Å². The summed E-state index contributed by atoms with van der Waals surface area (Å²) >= 11 is 0. The molecule has 1 aliphatic carbocycles. The van der Waals surface area contributed by atoms with E-state index in [1.807, 2.05) is 6.07 Å². The number of urea groups is 1. The van der Waals surface area contributed by atoms with Crippen LogP contribution < -0.4 is 15.4 Å². The van der Waals surface area contributed by atoms with Crippen molar-refractivity contribution in [2.24, 2.45) is 0 Å². The highest BCUT2D eigenvalue weighted by Crippen LogP contribution is 2.33. The van der Waals surface area contributed by atoms with E-state index in [0.29, 0.717) is 25.4 Å². The number of aliphatic hydroxyl groups is 1. The fraction of sp³-hybridized carbons (Fsp3) is 0.588. The molecule has 5 heteroatoms. The van der Waals surface area contributed by atoms with Gasteiger partial charge >= 0.3 is 6.03 Å². The minimum Gasteiger partial charge on any atom is -0.497 e. The third-order valence-electron chi connectivity index (χ3n) is 4.15. The van der Waals surface area contributed by atoms with Gasteiger partial charge in [0.05, 0.1) is 13.2 Å². The van der Waals surface area contributed by atoms with E-state index < -0.39 is 0 Å². The number of aliphatic hydroxyl groups excluding tert-OH is 1. The van der Waals surface area contributed by atoms with Crippen LogP contribution in [0.2, 0.25) is 0 Å². The molecule has 0 saturated carbocycles.